The number of nitrogens with zero attached hydrogens (tertiary/aromatic N) is 1. The van der Waals surface area contributed by atoms with Crippen molar-refractivity contribution in [1.82, 2.24) is 4.90 Å². The topological polar surface area (TPSA) is 51.2 Å². The van der Waals surface area contributed by atoms with Crippen molar-refractivity contribution >= 4 is 0 Å². The Hall–Kier alpha value is -2.57. The van der Waals surface area contributed by atoms with Gasteiger partial charge in [-0.25, -0.2) is 0 Å². The van der Waals surface area contributed by atoms with Crippen molar-refractivity contribution in [2.45, 2.75) is 11.5 Å². The monoisotopic (exact) mass is 468 g/mol. The second-order valence-corrected chi connectivity index (χ2v) is 8.07. The van der Waals surface area contributed by atoms with E-state index in [-0.39, 0.29) is 18.3 Å². The van der Waals surface area contributed by atoms with Crippen LogP contribution in [0.25, 0.3) is 0 Å². The van der Waals surface area contributed by atoms with Crippen molar-refractivity contribution in [2.24, 2.45) is 0 Å². The van der Waals surface area contributed by atoms with E-state index in [4.69, 9.17) is 14.2 Å². The number of rotatable bonds is 8. The summed E-state index contributed by atoms with van der Waals surface area (Å²) in [5.74, 6) is 1.18. The van der Waals surface area contributed by atoms with Crippen molar-refractivity contribution in [3.63, 3.8) is 0 Å². The number of hydrogen-bond donors (Lipinski definition) is 1. The first-order chi connectivity index (χ1) is 15.7. The molecule has 5 nitrogen and oxygen atoms in total. The Morgan fingerprint density at radius 2 is 1.52 bits per heavy atom. The predicted molar refractivity (Wildman–Crippen MR) is 125 cm³/mol. The number of hydrogen-bond acceptors (Lipinski definition) is 5. The molecule has 1 heterocycles. The quantitative estimate of drug-likeness (QED) is 0.536. The summed E-state index contributed by atoms with van der Waals surface area (Å²) in [6.07, 6.45) is 0. The molecule has 1 saturated heterocycles. The van der Waals surface area contributed by atoms with E-state index in [1.807, 2.05) is 66.7 Å². The van der Waals surface area contributed by atoms with Gasteiger partial charge in [0.25, 0.3) is 0 Å². The minimum absolute atomic E-state index is 0. The van der Waals surface area contributed by atoms with Crippen molar-refractivity contribution in [2.75, 3.05) is 47.1 Å². The molecule has 6 heteroatoms. The van der Waals surface area contributed by atoms with Gasteiger partial charge in [0.2, 0.25) is 0 Å². The van der Waals surface area contributed by atoms with Crippen LogP contribution in [0.5, 0.6) is 11.5 Å². The summed E-state index contributed by atoms with van der Waals surface area (Å²) in [5, 5.41) is 12.7. The van der Waals surface area contributed by atoms with E-state index in [9.17, 15) is 5.11 Å². The Morgan fingerprint density at radius 1 is 0.879 bits per heavy atom. The van der Waals surface area contributed by atoms with Gasteiger partial charge in [0, 0.05) is 31.1 Å². The van der Waals surface area contributed by atoms with Crippen molar-refractivity contribution in [3.8, 4) is 11.5 Å². The van der Waals surface area contributed by atoms with Crippen LogP contribution in [0.1, 0.15) is 22.6 Å². The lowest BCUT2D eigenvalue weighted by molar-refractivity contribution is -0.000293. The molecule has 3 aromatic carbocycles. The first kappa shape index (κ1) is 25.1. The van der Waals surface area contributed by atoms with Crippen LogP contribution < -0.4 is 21.9 Å². The molecule has 176 valence electrons. The molecule has 3 aromatic rings. The number of aliphatic hydroxyl groups is 1. The maximum Gasteiger partial charge on any atom is 0.126 e. The van der Waals surface area contributed by atoms with E-state index < -0.39 is 5.60 Å². The maximum atomic E-state index is 12.7. The third-order valence-corrected chi connectivity index (χ3v) is 6.30. The summed E-state index contributed by atoms with van der Waals surface area (Å²) in [5.41, 5.74) is 1.29. The highest BCUT2D eigenvalue weighted by Gasteiger charge is 2.44. The molecule has 0 amide bonds. The van der Waals surface area contributed by atoms with Gasteiger partial charge in [-0.1, -0.05) is 60.7 Å². The fraction of sp³-hybridized carbons (Fsp3) is 0.333. The van der Waals surface area contributed by atoms with E-state index >= 15 is 0 Å². The SMILES string of the molecule is COc1ccc(C(O)(c2ccccc2OC)C(CN2CCOCC2)c2ccccc2)cc1.[Cl-]. The number of ether oxygens (including phenoxy) is 3. The smallest absolute Gasteiger partial charge is 0.126 e. The van der Waals surface area contributed by atoms with Gasteiger partial charge in [-0.2, -0.15) is 0 Å². The minimum atomic E-state index is -1.32. The Balaban J connectivity index is 0.00000306. The largest absolute Gasteiger partial charge is 1.00 e. The molecule has 1 N–H and O–H groups in total. The Bertz CT molecular complexity index is 993. The minimum Gasteiger partial charge on any atom is -1.00 e. The molecular formula is C27H31ClNO4-. The number of para-hydroxylation sites is 1. The second kappa shape index (κ2) is 11.5. The summed E-state index contributed by atoms with van der Waals surface area (Å²) < 4.78 is 16.7. The molecule has 1 aliphatic rings. The molecule has 4 rings (SSSR count). The zero-order chi connectivity index (χ0) is 22.4. The summed E-state index contributed by atoms with van der Waals surface area (Å²) >= 11 is 0. The molecule has 0 bridgehead atoms. The lowest BCUT2D eigenvalue weighted by Crippen LogP contribution is -3.00. The highest BCUT2D eigenvalue weighted by atomic mass is 35.5. The van der Waals surface area contributed by atoms with Gasteiger partial charge in [0.1, 0.15) is 17.1 Å². The summed E-state index contributed by atoms with van der Waals surface area (Å²) in [4.78, 5) is 2.37. The van der Waals surface area contributed by atoms with E-state index in [0.717, 1.165) is 35.5 Å². The van der Waals surface area contributed by atoms with Gasteiger partial charge in [-0.05, 0) is 29.3 Å². The summed E-state index contributed by atoms with van der Waals surface area (Å²) in [6, 6.07) is 25.7. The van der Waals surface area contributed by atoms with Crippen LogP contribution in [0.2, 0.25) is 0 Å². The molecule has 33 heavy (non-hydrogen) atoms. The second-order valence-electron chi connectivity index (χ2n) is 8.07. The van der Waals surface area contributed by atoms with Gasteiger partial charge >= 0.3 is 0 Å². The molecule has 0 aromatic heterocycles. The Kier molecular flexibility index (Phi) is 8.75. The molecule has 2 atom stereocenters. The maximum absolute atomic E-state index is 12.7. The molecule has 2 unspecified atom stereocenters. The van der Waals surface area contributed by atoms with Crippen molar-refractivity contribution < 1.29 is 31.7 Å². The van der Waals surface area contributed by atoms with Crippen LogP contribution in [-0.2, 0) is 10.3 Å². The fourth-order valence-electron chi connectivity index (χ4n) is 4.56. The number of methoxy groups -OCH3 is 2. The van der Waals surface area contributed by atoms with Crippen LogP contribution in [0.3, 0.4) is 0 Å². The molecular weight excluding hydrogens is 438 g/mol. The lowest BCUT2D eigenvalue weighted by atomic mass is 9.72. The Morgan fingerprint density at radius 3 is 2.15 bits per heavy atom. The van der Waals surface area contributed by atoms with E-state index in [0.29, 0.717) is 25.5 Å². The summed E-state index contributed by atoms with van der Waals surface area (Å²) in [7, 11) is 3.29. The average Bonchev–Trinajstić information content (AvgIpc) is 2.88. The van der Waals surface area contributed by atoms with E-state index in [1.54, 1.807) is 14.2 Å². The van der Waals surface area contributed by atoms with Gasteiger partial charge in [-0.3, -0.25) is 4.90 Å². The number of halogens is 1. The first-order valence-electron chi connectivity index (χ1n) is 11.0. The van der Waals surface area contributed by atoms with Crippen molar-refractivity contribution in [3.05, 3.63) is 95.6 Å². The van der Waals surface area contributed by atoms with Crippen LogP contribution in [-0.4, -0.2) is 57.1 Å². The van der Waals surface area contributed by atoms with Gasteiger partial charge in [0.05, 0.1) is 27.4 Å². The van der Waals surface area contributed by atoms with Crippen LogP contribution >= 0.6 is 0 Å². The highest BCUT2D eigenvalue weighted by molar-refractivity contribution is 5.49. The zero-order valence-electron chi connectivity index (χ0n) is 19.1. The average molecular weight is 469 g/mol. The van der Waals surface area contributed by atoms with Crippen LogP contribution in [0.15, 0.2) is 78.9 Å². The van der Waals surface area contributed by atoms with Gasteiger partial charge in [-0.15, -0.1) is 0 Å². The lowest BCUT2D eigenvalue weighted by Gasteiger charge is -2.41. The van der Waals surface area contributed by atoms with E-state index in [1.165, 1.54) is 0 Å². The standard InChI is InChI=1S/C27H31NO4.ClH/c1-30-23-14-12-22(13-15-23)27(29,24-10-6-7-11-26(24)31-2)25(21-8-4-3-5-9-21)20-28-16-18-32-19-17-28;/h3-15,25,29H,16-20H2,1-2H3;1H/p-1. The van der Waals surface area contributed by atoms with Crippen molar-refractivity contribution in [1.29, 1.82) is 0 Å². The third-order valence-electron chi connectivity index (χ3n) is 6.30. The molecule has 1 fully saturated rings. The normalized spacial score (nSPS) is 16.8. The van der Waals surface area contributed by atoms with Crippen LogP contribution in [0.4, 0.5) is 0 Å². The first-order valence-corrected chi connectivity index (χ1v) is 11.0. The number of morpholine rings is 1. The van der Waals surface area contributed by atoms with E-state index in [2.05, 4.69) is 17.0 Å². The molecule has 0 saturated carbocycles. The summed E-state index contributed by atoms with van der Waals surface area (Å²) in [6.45, 7) is 3.78. The molecule has 0 spiro atoms. The molecule has 1 aliphatic heterocycles. The Labute approximate surface area is 202 Å². The fourth-order valence-corrected chi connectivity index (χ4v) is 4.56. The van der Waals surface area contributed by atoms with Gasteiger partial charge < -0.3 is 31.7 Å². The predicted octanol–water partition coefficient (Wildman–Crippen LogP) is 1.06. The van der Waals surface area contributed by atoms with Gasteiger partial charge in [0.15, 0.2) is 0 Å². The third kappa shape index (κ3) is 5.33. The zero-order valence-corrected chi connectivity index (χ0v) is 19.9. The molecule has 0 aliphatic carbocycles. The molecule has 0 radical (unpaired) electrons. The van der Waals surface area contributed by atoms with Crippen LogP contribution in [0, 0.1) is 0 Å². The number of benzene rings is 3. The highest BCUT2D eigenvalue weighted by Crippen LogP contribution is 2.46.